The van der Waals surface area contributed by atoms with Crippen molar-refractivity contribution in [2.24, 2.45) is 0 Å². The van der Waals surface area contributed by atoms with E-state index < -0.39 is 31.1 Å². The minimum atomic E-state index is -1.33. The number of aliphatic hydroxyl groups is 4. The van der Waals surface area contributed by atoms with Crippen LogP contribution in [0.2, 0.25) is 0 Å². The highest BCUT2D eigenvalue weighted by Crippen LogP contribution is 2.36. The van der Waals surface area contributed by atoms with Gasteiger partial charge in [0.05, 0.1) is 13.2 Å². The van der Waals surface area contributed by atoms with Gasteiger partial charge in [-0.15, -0.1) is 0 Å². The molecule has 0 amide bonds. The summed E-state index contributed by atoms with van der Waals surface area (Å²) in [4.78, 5) is 12.8. The third-order valence-corrected chi connectivity index (χ3v) is 6.67. The number of nitrogens with zero attached hydrogens (tertiary/aromatic N) is 4. The molecule has 1 fully saturated rings. The Morgan fingerprint density at radius 3 is 2.59 bits per heavy atom. The van der Waals surface area contributed by atoms with Crippen LogP contribution in [-0.2, 0) is 11.3 Å². The van der Waals surface area contributed by atoms with Crippen molar-refractivity contribution in [3.05, 3.63) is 60.4 Å². The number of nitrogen functional groups attached to an aromatic ring is 1. The van der Waals surface area contributed by atoms with Crippen molar-refractivity contribution in [1.29, 1.82) is 0 Å². The zero-order chi connectivity index (χ0) is 27.4. The maximum absolute atomic E-state index is 10.7. The molecule has 39 heavy (non-hydrogen) atoms. The summed E-state index contributed by atoms with van der Waals surface area (Å²) in [5, 5.41) is 43.0. The summed E-state index contributed by atoms with van der Waals surface area (Å²) in [7, 11) is 0. The molecule has 12 nitrogen and oxygen atoms in total. The number of aromatic nitrogens is 4. The molecule has 1 aliphatic rings. The Bertz CT molecular complexity index is 1400. The molecule has 0 unspecified atom stereocenters. The first-order valence-electron chi connectivity index (χ1n) is 12.8. The first kappa shape index (κ1) is 26.8. The first-order chi connectivity index (χ1) is 19.0. The summed E-state index contributed by atoms with van der Waals surface area (Å²) in [5.74, 6) is 1.16. The van der Waals surface area contributed by atoms with Gasteiger partial charge in [-0.3, -0.25) is 4.57 Å². The van der Waals surface area contributed by atoms with Gasteiger partial charge in [0.2, 0.25) is 5.95 Å². The van der Waals surface area contributed by atoms with Gasteiger partial charge in [-0.2, -0.15) is 0 Å². The zero-order valence-corrected chi connectivity index (χ0v) is 21.2. The molecule has 0 radical (unpaired) electrons. The van der Waals surface area contributed by atoms with Gasteiger partial charge in [-0.1, -0.05) is 42.5 Å². The second kappa shape index (κ2) is 11.9. The Balaban J connectivity index is 1.44. The van der Waals surface area contributed by atoms with Crippen LogP contribution in [-0.4, -0.2) is 78.1 Å². The lowest BCUT2D eigenvalue weighted by molar-refractivity contribution is -0.0501. The highest BCUT2D eigenvalue weighted by atomic mass is 16.6. The molecule has 206 valence electrons. The fourth-order valence-corrected chi connectivity index (χ4v) is 4.61. The van der Waals surface area contributed by atoms with Crippen molar-refractivity contribution >= 4 is 22.9 Å². The third-order valence-electron chi connectivity index (χ3n) is 6.67. The molecule has 0 aliphatic carbocycles. The second-order valence-corrected chi connectivity index (χ2v) is 9.29. The van der Waals surface area contributed by atoms with Crippen molar-refractivity contribution in [2.45, 2.75) is 43.9 Å². The van der Waals surface area contributed by atoms with Crippen LogP contribution in [0.1, 0.15) is 24.6 Å². The number of nitrogens with one attached hydrogen (secondary N) is 1. The van der Waals surface area contributed by atoms with Crippen LogP contribution < -0.4 is 15.8 Å². The molecule has 0 bridgehead atoms. The second-order valence-electron chi connectivity index (χ2n) is 9.29. The molecule has 0 saturated carbocycles. The van der Waals surface area contributed by atoms with E-state index in [0.29, 0.717) is 42.4 Å². The topological polar surface area (TPSA) is 181 Å². The number of ether oxygens (including phenoxy) is 2. The molecule has 12 heteroatoms. The van der Waals surface area contributed by atoms with E-state index in [1.165, 1.54) is 10.9 Å². The number of fused-ring (bicyclic) bond motifs is 1. The van der Waals surface area contributed by atoms with E-state index >= 15 is 0 Å². The maximum atomic E-state index is 10.7. The average molecular weight is 537 g/mol. The Hall–Kier alpha value is -3.81. The fraction of sp³-hybridized carbons (Fsp3) is 0.370. The summed E-state index contributed by atoms with van der Waals surface area (Å²) < 4.78 is 13.4. The molecule has 1 aliphatic heterocycles. The van der Waals surface area contributed by atoms with Crippen LogP contribution in [0.15, 0.2) is 54.9 Å². The van der Waals surface area contributed by atoms with Crippen LogP contribution >= 0.6 is 0 Å². The molecule has 4 atom stereocenters. The number of rotatable bonds is 11. The molecule has 2 aromatic carbocycles. The van der Waals surface area contributed by atoms with Crippen molar-refractivity contribution in [1.82, 2.24) is 19.5 Å². The van der Waals surface area contributed by atoms with Crippen molar-refractivity contribution in [3.63, 3.8) is 0 Å². The first-order valence-corrected chi connectivity index (χ1v) is 12.8. The maximum Gasteiger partial charge on any atom is 0.207 e. The lowest BCUT2D eigenvalue weighted by atomic mass is 10.0. The Kier molecular flexibility index (Phi) is 8.19. The molecule has 2 aromatic heterocycles. The molecular formula is C27H32N6O6. The van der Waals surface area contributed by atoms with E-state index in [4.69, 9.17) is 20.3 Å². The molecule has 0 spiro atoms. The summed E-state index contributed by atoms with van der Waals surface area (Å²) in [6.45, 7) is 0.449. The predicted molar refractivity (Wildman–Crippen MR) is 144 cm³/mol. The van der Waals surface area contributed by atoms with Crippen LogP contribution in [0.5, 0.6) is 5.75 Å². The number of hydrogen-bond donors (Lipinski definition) is 6. The number of imidazole rings is 1. The smallest absolute Gasteiger partial charge is 0.207 e. The van der Waals surface area contributed by atoms with E-state index in [1.54, 1.807) is 0 Å². The average Bonchev–Trinajstić information content (AvgIpc) is 3.47. The van der Waals surface area contributed by atoms with Gasteiger partial charge < -0.3 is 41.0 Å². The third kappa shape index (κ3) is 5.51. The van der Waals surface area contributed by atoms with Crippen molar-refractivity contribution < 1.29 is 29.9 Å². The highest BCUT2D eigenvalue weighted by Gasteiger charge is 2.45. The van der Waals surface area contributed by atoms with E-state index in [-0.39, 0.29) is 12.4 Å². The highest BCUT2D eigenvalue weighted by molar-refractivity contribution is 5.84. The van der Waals surface area contributed by atoms with Gasteiger partial charge in [0, 0.05) is 18.7 Å². The number of anilines is 2. The Morgan fingerprint density at radius 2 is 1.85 bits per heavy atom. The van der Waals surface area contributed by atoms with Gasteiger partial charge >= 0.3 is 0 Å². The van der Waals surface area contributed by atoms with Crippen LogP contribution in [0, 0.1) is 0 Å². The Labute approximate surface area is 224 Å². The summed E-state index contributed by atoms with van der Waals surface area (Å²) in [6, 6.07) is 15.8. The number of hydrogen-bond acceptors (Lipinski definition) is 11. The minimum Gasteiger partial charge on any atom is -0.493 e. The van der Waals surface area contributed by atoms with Crippen molar-refractivity contribution in [2.75, 3.05) is 30.9 Å². The Morgan fingerprint density at radius 1 is 1.03 bits per heavy atom. The van der Waals surface area contributed by atoms with Crippen LogP contribution in [0.25, 0.3) is 22.3 Å². The van der Waals surface area contributed by atoms with E-state index in [9.17, 15) is 15.3 Å². The largest absolute Gasteiger partial charge is 0.493 e. The van der Waals surface area contributed by atoms with Gasteiger partial charge in [0.1, 0.15) is 30.4 Å². The molecule has 7 N–H and O–H groups in total. The predicted octanol–water partition coefficient (Wildman–Crippen LogP) is 1.45. The molecule has 5 rings (SSSR count). The van der Waals surface area contributed by atoms with Gasteiger partial charge in [0.15, 0.2) is 23.2 Å². The van der Waals surface area contributed by atoms with Gasteiger partial charge in [-0.25, -0.2) is 15.0 Å². The monoisotopic (exact) mass is 536 g/mol. The minimum absolute atomic E-state index is 0.115. The lowest BCUT2D eigenvalue weighted by Crippen LogP contribution is -2.33. The van der Waals surface area contributed by atoms with Crippen LogP contribution in [0.3, 0.4) is 0 Å². The quantitative estimate of drug-likeness (QED) is 0.153. The number of nitrogens with two attached hydrogens (primary N) is 1. The fourth-order valence-electron chi connectivity index (χ4n) is 4.61. The summed E-state index contributed by atoms with van der Waals surface area (Å²) in [6.07, 6.45) is -1.99. The van der Waals surface area contributed by atoms with Crippen molar-refractivity contribution in [3.8, 4) is 16.9 Å². The van der Waals surface area contributed by atoms with Gasteiger partial charge in [-0.05, 0) is 30.0 Å². The van der Waals surface area contributed by atoms with E-state index in [0.717, 1.165) is 23.1 Å². The van der Waals surface area contributed by atoms with Gasteiger partial charge in [0.25, 0.3) is 0 Å². The lowest BCUT2D eigenvalue weighted by Gasteiger charge is -2.20. The van der Waals surface area contributed by atoms with Crippen LogP contribution in [0.4, 0.5) is 11.8 Å². The molecule has 4 aromatic rings. The zero-order valence-electron chi connectivity index (χ0n) is 21.2. The van der Waals surface area contributed by atoms with E-state index in [1.807, 2.05) is 48.5 Å². The van der Waals surface area contributed by atoms with E-state index in [2.05, 4.69) is 20.3 Å². The SMILES string of the molecule is Nc1ncnc2c1nc(NCc1ccc(-c3ccccc3)c(OCCCCO)c1)n2[C@@H]1O[C@H](CO)[C@@H](O)[C@H]1O. The molecule has 1 saturated heterocycles. The number of benzene rings is 2. The summed E-state index contributed by atoms with van der Waals surface area (Å²) in [5.41, 5.74) is 9.53. The number of unbranched alkanes of at least 4 members (excludes halogenated alkanes) is 1. The normalized spacial score (nSPS) is 20.9. The number of aliphatic hydroxyl groups excluding tert-OH is 4. The standard InChI is InChI=1S/C27H32N6O6/c28-24-21-25(31-15-30-24)33(26-23(37)22(36)20(14-35)39-26)27(32-21)29-13-16-8-9-18(17-6-2-1-3-7-17)19(12-16)38-11-5-4-10-34/h1-3,6-9,12,15,20,22-23,26,34-37H,4-5,10-11,13-14H2,(H,29,32)(H2,28,30,31)/t20-,22-,23-,26-/m1/s1. The molecular weight excluding hydrogens is 504 g/mol. The summed E-state index contributed by atoms with van der Waals surface area (Å²) >= 11 is 0. The molecule has 3 heterocycles.